The van der Waals surface area contributed by atoms with E-state index in [1.807, 2.05) is 37.3 Å². The highest BCUT2D eigenvalue weighted by atomic mass is 16.5. The molecular weight excluding hydrogens is 504 g/mol. The van der Waals surface area contributed by atoms with Crippen LogP contribution >= 0.6 is 0 Å². The lowest BCUT2D eigenvalue weighted by molar-refractivity contribution is -0.131. The van der Waals surface area contributed by atoms with Gasteiger partial charge in [0, 0.05) is 22.8 Å². The van der Waals surface area contributed by atoms with E-state index in [0.29, 0.717) is 16.9 Å². The Morgan fingerprint density at radius 1 is 0.625 bits per heavy atom. The fourth-order valence-electron chi connectivity index (χ4n) is 4.60. The van der Waals surface area contributed by atoms with E-state index in [1.54, 1.807) is 32.9 Å². The summed E-state index contributed by atoms with van der Waals surface area (Å²) >= 11 is 0. The van der Waals surface area contributed by atoms with Crippen LogP contribution in [-0.4, -0.2) is 17.9 Å². The van der Waals surface area contributed by atoms with E-state index in [1.165, 1.54) is 11.6 Å². The first-order valence-corrected chi connectivity index (χ1v) is 13.0. The smallest absolute Gasteiger partial charge is 0.338 e. The zero-order chi connectivity index (χ0) is 29.1. The predicted molar refractivity (Wildman–Crippen MR) is 155 cm³/mol. The molecule has 0 radical (unpaired) electrons. The number of rotatable bonds is 8. The Kier molecular flexibility index (Phi) is 8.19. The minimum absolute atomic E-state index is 0.231. The molecule has 6 heteroatoms. The van der Waals surface area contributed by atoms with E-state index in [-0.39, 0.29) is 22.6 Å². The summed E-state index contributed by atoms with van der Waals surface area (Å²) < 4.78 is 16.5. The Morgan fingerprint density at radius 3 is 1.70 bits per heavy atom. The van der Waals surface area contributed by atoms with E-state index >= 15 is 0 Å². The highest BCUT2D eigenvalue weighted by Gasteiger charge is 2.23. The third-order valence-corrected chi connectivity index (χ3v) is 6.64. The van der Waals surface area contributed by atoms with Gasteiger partial charge in [-0.15, -0.1) is 0 Å². The molecule has 0 bridgehead atoms. The van der Waals surface area contributed by atoms with Gasteiger partial charge in [0.25, 0.3) is 0 Å². The standard InChI is InChI=1S/C34H32O6/c1-19(2)32(35)38-25-16-24(17-26(18-25)39-33(36)20(3)4)23-11-12-27(22(7)15-23)29-13-14-31(40-34(37)21(5)6)30-10-8-9-28(29)30/h11-18H,1,3,5,8-10H2,2,4,6-7H3. The summed E-state index contributed by atoms with van der Waals surface area (Å²) in [5.74, 6) is -0.522. The van der Waals surface area contributed by atoms with Crippen LogP contribution in [0.3, 0.4) is 0 Å². The molecule has 0 heterocycles. The molecule has 0 atom stereocenters. The summed E-state index contributed by atoms with van der Waals surface area (Å²) in [7, 11) is 0. The average Bonchev–Trinajstić information content (AvgIpc) is 3.39. The van der Waals surface area contributed by atoms with Crippen LogP contribution in [-0.2, 0) is 27.2 Å². The molecule has 204 valence electrons. The Morgan fingerprint density at radius 2 is 1.15 bits per heavy atom. The quantitative estimate of drug-likeness (QED) is 0.171. The topological polar surface area (TPSA) is 78.9 Å². The molecule has 4 rings (SSSR count). The van der Waals surface area contributed by atoms with Gasteiger partial charge < -0.3 is 14.2 Å². The largest absolute Gasteiger partial charge is 0.423 e. The van der Waals surface area contributed by atoms with E-state index < -0.39 is 17.9 Å². The molecule has 0 fully saturated rings. The number of aryl methyl sites for hydroxylation is 1. The first-order chi connectivity index (χ1) is 18.9. The molecule has 40 heavy (non-hydrogen) atoms. The monoisotopic (exact) mass is 536 g/mol. The average molecular weight is 537 g/mol. The van der Waals surface area contributed by atoms with Gasteiger partial charge in [0.2, 0.25) is 0 Å². The molecule has 0 amide bonds. The number of carbonyl (C=O) groups is 3. The van der Waals surface area contributed by atoms with Crippen LogP contribution in [0, 0.1) is 6.92 Å². The Bertz CT molecular complexity index is 1540. The number of carbonyl (C=O) groups excluding carboxylic acids is 3. The van der Waals surface area contributed by atoms with E-state index in [4.69, 9.17) is 14.2 Å². The molecule has 0 aliphatic heterocycles. The molecule has 0 aromatic heterocycles. The number of fused-ring (bicyclic) bond motifs is 1. The molecule has 6 nitrogen and oxygen atoms in total. The first kappa shape index (κ1) is 28.3. The van der Waals surface area contributed by atoms with Gasteiger partial charge in [-0.1, -0.05) is 44.0 Å². The maximum atomic E-state index is 12.2. The van der Waals surface area contributed by atoms with Crippen LogP contribution in [0.5, 0.6) is 17.2 Å². The summed E-state index contributed by atoms with van der Waals surface area (Å²) in [5.41, 5.74) is 7.87. The first-order valence-electron chi connectivity index (χ1n) is 13.0. The van der Waals surface area contributed by atoms with Gasteiger partial charge in [-0.25, -0.2) is 14.4 Å². The van der Waals surface area contributed by atoms with Gasteiger partial charge in [-0.2, -0.15) is 0 Å². The zero-order valence-corrected chi connectivity index (χ0v) is 23.3. The van der Waals surface area contributed by atoms with Crippen molar-refractivity contribution in [1.82, 2.24) is 0 Å². The zero-order valence-electron chi connectivity index (χ0n) is 23.3. The van der Waals surface area contributed by atoms with Crippen molar-refractivity contribution in [2.45, 2.75) is 47.0 Å². The lowest BCUT2D eigenvalue weighted by Gasteiger charge is -2.16. The summed E-state index contributed by atoms with van der Waals surface area (Å²) in [6, 6.07) is 14.8. The van der Waals surface area contributed by atoms with E-state index in [0.717, 1.165) is 47.1 Å². The Labute approximate surface area is 234 Å². The van der Waals surface area contributed by atoms with E-state index in [2.05, 4.69) is 19.7 Å². The highest BCUT2D eigenvalue weighted by molar-refractivity contribution is 5.91. The molecule has 3 aromatic carbocycles. The maximum Gasteiger partial charge on any atom is 0.338 e. The van der Waals surface area contributed by atoms with Gasteiger partial charge in [-0.05, 0) is 104 Å². The molecule has 1 aliphatic carbocycles. The second-order valence-corrected chi connectivity index (χ2v) is 10.2. The second-order valence-electron chi connectivity index (χ2n) is 10.2. The summed E-state index contributed by atoms with van der Waals surface area (Å²) in [6.45, 7) is 17.7. The molecule has 0 spiro atoms. The normalized spacial score (nSPS) is 11.8. The molecular formula is C34H32O6. The van der Waals surface area contributed by atoms with Crippen molar-refractivity contribution in [3.63, 3.8) is 0 Å². The molecule has 0 unspecified atom stereocenters. The lowest BCUT2D eigenvalue weighted by atomic mass is 9.91. The summed E-state index contributed by atoms with van der Waals surface area (Å²) in [6.07, 6.45) is 2.74. The Hall–Kier alpha value is -4.71. The van der Waals surface area contributed by atoms with Gasteiger partial charge >= 0.3 is 17.9 Å². The molecule has 0 saturated heterocycles. The summed E-state index contributed by atoms with van der Waals surface area (Å²) in [4.78, 5) is 36.5. The third-order valence-electron chi connectivity index (χ3n) is 6.64. The van der Waals surface area contributed by atoms with Crippen molar-refractivity contribution in [3.05, 3.63) is 102 Å². The predicted octanol–water partition coefficient (Wildman–Crippen LogP) is 7.26. The number of ether oxygens (including phenoxy) is 3. The number of hydrogen-bond donors (Lipinski definition) is 0. The van der Waals surface area contributed by atoms with Crippen LogP contribution in [0.2, 0.25) is 0 Å². The molecule has 0 saturated carbocycles. The van der Waals surface area contributed by atoms with Gasteiger partial charge in [-0.3, -0.25) is 0 Å². The van der Waals surface area contributed by atoms with Crippen molar-refractivity contribution in [2.75, 3.05) is 0 Å². The van der Waals surface area contributed by atoms with E-state index in [9.17, 15) is 14.4 Å². The van der Waals surface area contributed by atoms with Crippen LogP contribution in [0.15, 0.2) is 85.0 Å². The summed E-state index contributed by atoms with van der Waals surface area (Å²) in [5, 5.41) is 0. The van der Waals surface area contributed by atoms with Crippen LogP contribution < -0.4 is 14.2 Å². The number of esters is 3. The third kappa shape index (κ3) is 6.12. The highest BCUT2D eigenvalue weighted by Crippen LogP contribution is 2.40. The van der Waals surface area contributed by atoms with Gasteiger partial charge in [0.05, 0.1) is 0 Å². The van der Waals surface area contributed by atoms with Crippen molar-refractivity contribution in [3.8, 4) is 39.5 Å². The molecule has 1 aliphatic rings. The second kappa shape index (κ2) is 11.6. The lowest BCUT2D eigenvalue weighted by Crippen LogP contribution is -2.10. The van der Waals surface area contributed by atoms with Crippen molar-refractivity contribution >= 4 is 17.9 Å². The minimum Gasteiger partial charge on any atom is -0.423 e. The van der Waals surface area contributed by atoms with Crippen molar-refractivity contribution in [1.29, 1.82) is 0 Å². The molecule has 0 N–H and O–H groups in total. The molecule has 3 aromatic rings. The Balaban J connectivity index is 1.72. The van der Waals surface area contributed by atoms with Crippen LogP contribution in [0.25, 0.3) is 22.3 Å². The van der Waals surface area contributed by atoms with Gasteiger partial charge in [0.1, 0.15) is 17.2 Å². The van der Waals surface area contributed by atoms with Gasteiger partial charge in [0.15, 0.2) is 0 Å². The van der Waals surface area contributed by atoms with Crippen molar-refractivity contribution < 1.29 is 28.6 Å². The number of hydrogen-bond acceptors (Lipinski definition) is 6. The minimum atomic E-state index is -0.577. The number of benzene rings is 3. The van der Waals surface area contributed by atoms with Crippen molar-refractivity contribution in [2.24, 2.45) is 0 Å². The fraction of sp³-hybridized carbons (Fsp3) is 0.206. The fourth-order valence-corrected chi connectivity index (χ4v) is 4.60. The SMILES string of the molecule is C=C(C)C(=O)Oc1cc(OC(=O)C(=C)C)cc(-c2ccc(-c3ccc(OC(=O)C(=C)C)c4c3CCC4)c(C)c2)c1. The van der Waals surface area contributed by atoms with Crippen LogP contribution in [0.1, 0.15) is 43.9 Å². The van der Waals surface area contributed by atoms with Crippen LogP contribution in [0.4, 0.5) is 0 Å². The maximum absolute atomic E-state index is 12.2.